The van der Waals surface area contributed by atoms with Crippen molar-refractivity contribution in [2.45, 2.75) is 0 Å². The molecule has 0 fully saturated rings. The second-order valence-electron chi connectivity index (χ2n) is 3.18. The third-order valence-electron chi connectivity index (χ3n) is 2.01. The summed E-state index contributed by atoms with van der Waals surface area (Å²) in [5.74, 6) is 1.83. The van der Waals surface area contributed by atoms with E-state index in [9.17, 15) is 0 Å². The van der Waals surface area contributed by atoms with Gasteiger partial charge in [0.2, 0.25) is 0 Å². The van der Waals surface area contributed by atoms with Gasteiger partial charge in [0, 0.05) is 11.8 Å². The number of anilines is 3. The van der Waals surface area contributed by atoms with E-state index in [1.165, 1.54) is 6.20 Å². The average molecular weight is 216 g/mol. The minimum atomic E-state index is 0.399. The van der Waals surface area contributed by atoms with Crippen LogP contribution >= 0.6 is 0 Å². The molecule has 0 saturated heterocycles. The number of nitrogens with two attached hydrogens (primary N) is 1. The Kier molecular flexibility index (Phi) is 2.86. The highest BCUT2D eigenvalue weighted by atomic mass is 16.5. The van der Waals surface area contributed by atoms with Gasteiger partial charge >= 0.3 is 0 Å². The van der Waals surface area contributed by atoms with Crippen LogP contribution in [0.1, 0.15) is 0 Å². The number of nitrogen functional groups attached to an aromatic ring is 1. The van der Waals surface area contributed by atoms with Gasteiger partial charge in [-0.25, -0.2) is 9.97 Å². The van der Waals surface area contributed by atoms with Crippen LogP contribution in [0.2, 0.25) is 0 Å². The molecule has 0 radical (unpaired) electrons. The molecule has 0 aliphatic carbocycles. The molecule has 0 aliphatic rings. The van der Waals surface area contributed by atoms with Crippen LogP contribution in [0.25, 0.3) is 0 Å². The number of rotatable bonds is 3. The van der Waals surface area contributed by atoms with Crippen molar-refractivity contribution in [3.63, 3.8) is 0 Å². The van der Waals surface area contributed by atoms with Crippen LogP contribution in [-0.4, -0.2) is 17.1 Å². The Morgan fingerprint density at radius 2 is 2.12 bits per heavy atom. The summed E-state index contributed by atoms with van der Waals surface area (Å²) in [6.07, 6.45) is 3.08. The summed E-state index contributed by atoms with van der Waals surface area (Å²) in [6.45, 7) is 0. The maximum absolute atomic E-state index is 5.44. The minimum absolute atomic E-state index is 0.399. The maximum Gasteiger partial charge on any atom is 0.149 e. The van der Waals surface area contributed by atoms with Gasteiger partial charge < -0.3 is 15.8 Å². The van der Waals surface area contributed by atoms with Crippen molar-refractivity contribution in [3.05, 3.63) is 36.7 Å². The normalized spacial score (nSPS) is 9.81. The molecular formula is C11H12N4O. The van der Waals surface area contributed by atoms with Crippen molar-refractivity contribution in [2.75, 3.05) is 18.2 Å². The number of methoxy groups -OCH3 is 1. The second-order valence-corrected chi connectivity index (χ2v) is 3.18. The minimum Gasteiger partial charge on any atom is -0.497 e. The molecule has 82 valence electrons. The van der Waals surface area contributed by atoms with Gasteiger partial charge in [-0.2, -0.15) is 0 Å². The number of nitrogens with one attached hydrogen (secondary N) is 1. The number of aromatic nitrogens is 2. The van der Waals surface area contributed by atoms with Gasteiger partial charge in [0.15, 0.2) is 0 Å². The largest absolute Gasteiger partial charge is 0.497 e. The van der Waals surface area contributed by atoms with Gasteiger partial charge in [0.25, 0.3) is 0 Å². The topological polar surface area (TPSA) is 73.1 Å². The molecule has 1 heterocycles. The number of benzene rings is 1. The molecule has 0 aliphatic heterocycles. The fraction of sp³-hybridized carbons (Fsp3) is 0.0909. The highest BCUT2D eigenvalue weighted by Crippen LogP contribution is 2.19. The molecule has 1 aromatic heterocycles. The first-order chi connectivity index (χ1) is 7.78. The number of hydrogen-bond acceptors (Lipinski definition) is 5. The monoisotopic (exact) mass is 216 g/mol. The molecule has 0 bridgehead atoms. The maximum atomic E-state index is 5.44. The fourth-order valence-electron chi connectivity index (χ4n) is 1.25. The molecule has 2 rings (SSSR count). The first kappa shape index (κ1) is 10.2. The zero-order chi connectivity index (χ0) is 11.4. The lowest BCUT2D eigenvalue weighted by Gasteiger charge is -2.06. The first-order valence-electron chi connectivity index (χ1n) is 4.76. The van der Waals surface area contributed by atoms with Gasteiger partial charge in [0.1, 0.15) is 17.4 Å². The van der Waals surface area contributed by atoms with Crippen molar-refractivity contribution in [1.82, 2.24) is 9.97 Å². The lowest BCUT2D eigenvalue weighted by molar-refractivity contribution is 0.415. The first-order valence-corrected chi connectivity index (χ1v) is 4.76. The lowest BCUT2D eigenvalue weighted by Crippen LogP contribution is -1.97. The van der Waals surface area contributed by atoms with E-state index >= 15 is 0 Å². The van der Waals surface area contributed by atoms with Gasteiger partial charge in [-0.15, -0.1) is 0 Å². The quantitative estimate of drug-likeness (QED) is 0.818. The summed E-state index contributed by atoms with van der Waals surface area (Å²) in [7, 11) is 1.63. The molecule has 2 aromatic rings. The van der Waals surface area contributed by atoms with Crippen LogP contribution in [0.4, 0.5) is 17.3 Å². The zero-order valence-corrected chi connectivity index (χ0v) is 8.84. The van der Waals surface area contributed by atoms with Crippen LogP contribution in [-0.2, 0) is 0 Å². The van der Waals surface area contributed by atoms with Crippen LogP contribution < -0.4 is 15.8 Å². The Balaban J connectivity index is 2.16. The third kappa shape index (κ3) is 2.38. The standard InChI is InChI=1S/C11H12N4O/c1-16-9-4-2-3-8(5-9)15-11-7-13-10(12)6-14-11/h2-7H,1H3,(H2,12,13)(H,14,15). The van der Waals surface area contributed by atoms with Gasteiger partial charge in [-0.05, 0) is 12.1 Å². The van der Waals surface area contributed by atoms with E-state index in [0.29, 0.717) is 11.6 Å². The lowest BCUT2D eigenvalue weighted by atomic mass is 10.3. The molecule has 0 spiro atoms. The van der Waals surface area contributed by atoms with Crippen LogP contribution in [0.15, 0.2) is 36.7 Å². The Morgan fingerprint density at radius 3 is 2.81 bits per heavy atom. The Hall–Kier alpha value is -2.30. The second kappa shape index (κ2) is 4.48. The van der Waals surface area contributed by atoms with Gasteiger partial charge in [-0.3, -0.25) is 0 Å². The summed E-state index contributed by atoms with van der Waals surface area (Å²) in [6, 6.07) is 7.56. The van der Waals surface area contributed by atoms with Crippen molar-refractivity contribution < 1.29 is 4.74 Å². The highest BCUT2D eigenvalue weighted by Gasteiger charge is 1.98. The molecule has 0 amide bonds. The zero-order valence-electron chi connectivity index (χ0n) is 8.84. The smallest absolute Gasteiger partial charge is 0.149 e. The Morgan fingerprint density at radius 1 is 1.25 bits per heavy atom. The van der Waals surface area contributed by atoms with Crippen molar-refractivity contribution in [1.29, 1.82) is 0 Å². The van der Waals surface area contributed by atoms with E-state index in [1.54, 1.807) is 13.3 Å². The Bertz CT molecular complexity index is 470. The number of hydrogen-bond donors (Lipinski definition) is 2. The Labute approximate surface area is 93.3 Å². The molecule has 0 atom stereocenters. The predicted molar refractivity (Wildman–Crippen MR) is 62.7 cm³/mol. The summed E-state index contributed by atoms with van der Waals surface area (Å²) >= 11 is 0. The molecule has 0 saturated carbocycles. The van der Waals surface area contributed by atoms with E-state index < -0.39 is 0 Å². The molecule has 16 heavy (non-hydrogen) atoms. The van der Waals surface area contributed by atoms with Crippen LogP contribution in [0, 0.1) is 0 Å². The van der Waals surface area contributed by atoms with E-state index in [-0.39, 0.29) is 0 Å². The van der Waals surface area contributed by atoms with Gasteiger partial charge in [0.05, 0.1) is 19.5 Å². The molecular weight excluding hydrogens is 204 g/mol. The molecule has 1 aromatic carbocycles. The van der Waals surface area contributed by atoms with Crippen LogP contribution in [0.5, 0.6) is 5.75 Å². The molecule has 0 unspecified atom stereocenters. The third-order valence-corrected chi connectivity index (χ3v) is 2.01. The van der Waals surface area contributed by atoms with E-state index in [2.05, 4.69) is 15.3 Å². The SMILES string of the molecule is COc1cccc(Nc2cnc(N)cn2)c1. The molecule has 5 heteroatoms. The van der Waals surface area contributed by atoms with Crippen molar-refractivity contribution in [3.8, 4) is 5.75 Å². The number of nitrogens with zero attached hydrogens (tertiary/aromatic N) is 2. The molecule has 3 N–H and O–H groups in total. The van der Waals surface area contributed by atoms with Gasteiger partial charge in [-0.1, -0.05) is 6.07 Å². The average Bonchev–Trinajstić information content (AvgIpc) is 2.32. The fourth-order valence-corrected chi connectivity index (χ4v) is 1.25. The summed E-state index contributed by atoms with van der Waals surface area (Å²) < 4.78 is 5.12. The van der Waals surface area contributed by atoms with Crippen LogP contribution in [0.3, 0.4) is 0 Å². The summed E-state index contributed by atoms with van der Waals surface area (Å²) in [5.41, 5.74) is 6.33. The van der Waals surface area contributed by atoms with E-state index in [1.807, 2.05) is 24.3 Å². The highest BCUT2D eigenvalue weighted by molar-refractivity contribution is 5.57. The summed E-state index contributed by atoms with van der Waals surface area (Å²) in [5, 5.41) is 3.10. The van der Waals surface area contributed by atoms with E-state index in [0.717, 1.165) is 11.4 Å². The van der Waals surface area contributed by atoms with Crippen molar-refractivity contribution >= 4 is 17.3 Å². The number of ether oxygens (including phenoxy) is 1. The van der Waals surface area contributed by atoms with E-state index in [4.69, 9.17) is 10.5 Å². The predicted octanol–water partition coefficient (Wildman–Crippen LogP) is 1.81. The summed E-state index contributed by atoms with van der Waals surface area (Å²) in [4.78, 5) is 8.03. The van der Waals surface area contributed by atoms with Crippen molar-refractivity contribution in [2.24, 2.45) is 0 Å². The molecule has 5 nitrogen and oxygen atoms in total.